The molecule has 1 aliphatic carbocycles. The number of carboxylic acids is 1. The first-order valence-corrected chi connectivity index (χ1v) is 5.76. The maximum atomic E-state index is 11.5. The first-order chi connectivity index (χ1) is 7.06. The molecule has 3 unspecified atom stereocenters. The number of aliphatic carboxylic acids is 1. The van der Waals surface area contributed by atoms with Crippen molar-refractivity contribution in [2.24, 2.45) is 11.8 Å². The molecule has 0 bridgehead atoms. The third-order valence-corrected chi connectivity index (χ3v) is 4.04. The molecule has 0 spiro atoms. The third kappa shape index (κ3) is 1.76. The first-order valence-electron chi connectivity index (χ1n) is 5.76. The van der Waals surface area contributed by atoms with Crippen LogP contribution in [0.5, 0.6) is 0 Å². The molecular weight excluding hydrogens is 192 g/mol. The van der Waals surface area contributed by atoms with Crippen LogP contribution in [0.2, 0.25) is 0 Å². The number of carbonyl (C=O) groups is 1. The lowest BCUT2D eigenvalue weighted by Gasteiger charge is -2.41. The van der Waals surface area contributed by atoms with Gasteiger partial charge in [0.05, 0.1) is 0 Å². The Balaban J connectivity index is 2.14. The molecule has 4 nitrogen and oxygen atoms in total. The van der Waals surface area contributed by atoms with Gasteiger partial charge in [0.25, 0.3) is 0 Å². The molecule has 86 valence electrons. The van der Waals surface area contributed by atoms with Crippen molar-refractivity contribution in [2.75, 3.05) is 26.2 Å². The van der Waals surface area contributed by atoms with E-state index >= 15 is 0 Å². The standard InChI is InChI=1S/C11H20N2O2/c1-8-7-9(8)11(2,10(14)15)13-5-3-12-4-6-13/h8-9,12H,3-7H2,1-2H3,(H,14,15). The minimum Gasteiger partial charge on any atom is -0.480 e. The van der Waals surface area contributed by atoms with Crippen molar-refractivity contribution >= 4 is 5.97 Å². The quantitative estimate of drug-likeness (QED) is 0.710. The summed E-state index contributed by atoms with van der Waals surface area (Å²) in [6.07, 6.45) is 1.06. The van der Waals surface area contributed by atoms with Gasteiger partial charge in [-0.15, -0.1) is 0 Å². The highest BCUT2D eigenvalue weighted by Crippen LogP contribution is 2.48. The number of hydrogen-bond acceptors (Lipinski definition) is 3. The van der Waals surface area contributed by atoms with Crippen LogP contribution in [-0.4, -0.2) is 47.7 Å². The molecule has 2 N–H and O–H groups in total. The van der Waals surface area contributed by atoms with E-state index in [0.29, 0.717) is 11.8 Å². The van der Waals surface area contributed by atoms with Gasteiger partial charge in [0.1, 0.15) is 5.54 Å². The Labute approximate surface area is 90.6 Å². The van der Waals surface area contributed by atoms with Gasteiger partial charge >= 0.3 is 5.97 Å². The highest BCUT2D eigenvalue weighted by atomic mass is 16.4. The van der Waals surface area contributed by atoms with E-state index in [2.05, 4.69) is 17.1 Å². The Morgan fingerprint density at radius 3 is 2.40 bits per heavy atom. The van der Waals surface area contributed by atoms with Crippen LogP contribution in [0.3, 0.4) is 0 Å². The molecule has 2 fully saturated rings. The molecule has 0 aromatic rings. The van der Waals surface area contributed by atoms with Gasteiger partial charge in [-0.1, -0.05) is 6.92 Å². The molecule has 4 heteroatoms. The van der Waals surface area contributed by atoms with Crippen molar-refractivity contribution in [3.8, 4) is 0 Å². The van der Waals surface area contributed by atoms with Gasteiger partial charge in [0, 0.05) is 26.2 Å². The molecule has 0 radical (unpaired) electrons. The van der Waals surface area contributed by atoms with Crippen LogP contribution in [0.15, 0.2) is 0 Å². The number of nitrogens with zero attached hydrogens (tertiary/aromatic N) is 1. The summed E-state index contributed by atoms with van der Waals surface area (Å²) in [6.45, 7) is 7.56. The number of piperazine rings is 1. The zero-order valence-electron chi connectivity index (χ0n) is 9.49. The lowest BCUT2D eigenvalue weighted by atomic mass is 9.91. The topological polar surface area (TPSA) is 52.6 Å². The molecule has 0 amide bonds. The van der Waals surface area contributed by atoms with E-state index in [9.17, 15) is 9.90 Å². The summed E-state index contributed by atoms with van der Waals surface area (Å²) in [4.78, 5) is 13.6. The SMILES string of the molecule is CC1CC1C(C)(C(=O)O)N1CCNCC1. The smallest absolute Gasteiger partial charge is 0.324 e. The largest absolute Gasteiger partial charge is 0.480 e. The number of carboxylic acid groups (broad SMARTS) is 1. The summed E-state index contributed by atoms with van der Waals surface area (Å²) >= 11 is 0. The van der Waals surface area contributed by atoms with Crippen molar-refractivity contribution in [1.29, 1.82) is 0 Å². The second kappa shape index (κ2) is 3.76. The fourth-order valence-electron chi connectivity index (χ4n) is 2.76. The highest BCUT2D eigenvalue weighted by Gasteiger charge is 2.55. The van der Waals surface area contributed by atoms with Crippen LogP contribution < -0.4 is 5.32 Å². The Morgan fingerprint density at radius 1 is 1.47 bits per heavy atom. The molecule has 0 aromatic heterocycles. The van der Waals surface area contributed by atoms with Gasteiger partial charge in [-0.3, -0.25) is 9.69 Å². The fourth-order valence-corrected chi connectivity index (χ4v) is 2.76. The van der Waals surface area contributed by atoms with Crippen LogP contribution >= 0.6 is 0 Å². The average molecular weight is 212 g/mol. The van der Waals surface area contributed by atoms with Gasteiger partial charge in [0.15, 0.2) is 0 Å². The monoisotopic (exact) mass is 212 g/mol. The maximum Gasteiger partial charge on any atom is 0.324 e. The zero-order valence-corrected chi connectivity index (χ0v) is 9.49. The number of rotatable bonds is 3. The van der Waals surface area contributed by atoms with Crippen LogP contribution in [0, 0.1) is 11.8 Å². The lowest BCUT2D eigenvalue weighted by molar-refractivity contribution is -0.153. The second-order valence-corrected chi connectivity index (χ2v) is 5.01. The third-order valence-electron chi connectivity index (χ3n) is 4.04. The Kier molecular flexibility index (Phi) is 2.73. The van der Waals surface area contributed by atoms with Crippen molar-refractivity contribution in [1.82, 2.24) is 10.2 Å². The number of hydrogen-bond donors (Lipinski definition) is 2. The normalized spacial score (nSPS) is 35.9. The lowest BCUT2D eigenvalue weighted by Crippen LogP contribution is -2.60. The van der Waals surface area contributed by atoms with Crippen LogP contribution in [-0.2, 0) is 4.79 Å². The van der Waals surface area contributed by atoms with E-state index in [1.165, 1.54) is 0 Å². The summed E-state index contributed by atoms with van der Waals surface area (Å²) in [5.41, 5.74) is -0.637. The van der Waals surface area contributed by atoms with Gasteiger partial charge in [0.2, 0.25) is 0 Å². The zero-order chi connectivity index (χ0) is 11.1. The van der Waals surface area contributed by atoms with Crippen LogP contribution in [0.4, 0.5) is 0 Å². The number of nitrogens with one attached hydrogen (secondary N) is 1. The van der Waals surface area contributed by atoms with E-state index in [0.717, 1.165) is 32.6 Å². The summed E-state index contributed by atoms with van der Waals surface area (Å²) in [5, 5.41) is 12.7. The van der Waals surface area contributed by atoms with Crippen molar-refractivity contribution < 1.29 is 9.90 Å². The van der Waals surface area contributed by atoms with Crippen LogP contribution in [0.25, 0.3) is 0 Å². The minimum absolute atomic E-state index is 0.341. The Morgan fingerprint density at radius 2 is 2.00 bits per heavy atom. The summed E-state index contributed by atoms with van der Waals surface area (Å²) in [7, 11) is 0. The minimum atomic E-state index is -0.654. The first kappa shape index (κ1) is 10.9. The second-order valence-electron chi connectivity index (χ2n) is 5.01. The summed E-state index contributed by atoms with van der Waals surface area (Å²) in [5.74, 6) is 0.257. The molecule has 3 atom stereocenters. The molecule has 1 saturated heterocycles. The molecule has 1 saturated carbocycles. The van der Waals surface area contributed by atoms with E-state index in [-0.39, 0.29) is 0 Å². The van der Waals surface area contributed by atoms with E-state index in [4.69, 9.17) is 0 Å². The molecule has 1 aliphatic heterocycles. The molecular formula is C11H20N2O2. The van der Waals surface area contributed by atoms with Gasteiger partial charge < -0.3 is 10.4 Å². The van der Waals surface area contributed by atoms with Gasteiger partial charge in [-0.2, -0.15) is 0 Å². The Bertz CT molecular complexity index is 263. The summed E-state index contributed by atoms with van der Waals surface area (Å²) in [6, 6.07) is 0. The predicted octanol–water partition coefficient (Wildman–Crippen LogP) is 0.391. The summed E-state index contributed by atoms with van der Waals surface area (Å²) < 4.78 is 0. The molecule has 15 heavy (non-hydrogen) atoms. The van der Waals surface area contributed by atoms with Crippen molar-refractivity contribution in [3.05, 3.63) is 0 Å². The Hall–Kier alpha value is -0.610. The molecule has 1 heterocycles. The van der Waals surface area contributed by atoms with E-state index < -0.39 is 11.5 Å². The van der Waals surface area contributed by atoms with Crippen LogP contribution in [0.1, 0.15) is 20.3 Å². The molecule has 0 aromatic carbocycles. The maximum absolute atomic E-state index is 11.5. The molecule has 2 rings (SSSR count). The van der Waals surface area contributed by atoms with Gasteiger partial charge in [-0.25, -0.2) is 0 Å². The van der Waals surface area contributed by atoms with E-state index in [1.54, 1.807) is 0 Å². The van der Waals surface area contributed by atoms with E-state index in [1.807, 2.05) is 6.92 Å². The van der Waals surface area contributed by atoms with Crippen molar-refractivity contribution in [2.45, 2.75) is 25.8 Å². The fraction of sp³-hybridized carbons (Fsp3) is 0.909. The molecule has 2 aliphatic rings. The highest BCUT2D eigenvalue weighted by molar-refractivity contribution is 5.79. The predicted molar refractivity (Wildman–Crippen MR) is 57.8 cm³/mol. The van der Waals surface area contributed by atoms with Gasteiger partial charge in [-0.05, 0) is 25.2 Å². The van der Waals surface area contributed by atoms with Crippen molar-refractivity contribution in [3.63, 3.8) is 0 Å². The average Bonchev–Trinajstić information content (AvgIpc) is 2.96.